The van der Waals surface area contributed by atoms with Gasteiger partial charge in [0.2, 0.25) is 0 Å². The van der Waals surface area contributed by atoms with Crippen LogP contribution in [0.15, 0.2) is 24.3 Å². The molecule has 1 aromatic rings. The highest BCUT2D eigenvalue weighted by molar-refractivity contribution is 7.86. The lowest BCUT2D eigenvalue weighted by molar-refractivity contribution is 0.260. The number of piperidine rings is 1. The number of rotatable bonds is 4. The molecule has 2 saturated heterocycles. The van der Waals surface area contributed by atoms with Crippen LogP contribution in [0.3, 0.4) is 0 Å². The Morgan fingerprint density at radius 3 is 2.30 bits per heavy atom. The van der Waals surface area contributed by atoms with Crippen molar-refractivity contribution in [3.63, 3.8) is 0 Å². The molecule has 0 N–H and O–H groups in total. The third-order valence-corrected chi connectivity index (χ3v) is 7.12. The van der Waals surface area contributed by atoms with Gasteiger partial charge in [-0.05, 0) is 49.3 Å². The van der Waals surface area contributed by atoms with Gasteiger partial charge in [0.05, 0.1) is 13.2 Å². The summed E-state index contributed by atoms with van der Waals surface area (Å²) in [7, 11) is -1.73. The third kappa shape index (κ3) is 3.39. The first kappa shape index (κ1) is 16.7. The molecule has 2 aliphatic rings. The van der Waals surface area contributed by atoms with E-state index in [1.54, 1.807) is 15.7 Å². The number of benzene rings is 1. The lowest BCUT2D eigenvalue weighted by Gasteiger charge is -2.34. The van der Waals surface area contributed by atoms with Gasteiger partial charge in [0.1, 0.15) is 5.75 Å². The maximum Gasteiger partial charge on any atom is 0.282 e. The molecule has 0 saturated carbocycles. The van der Waals surface area contributed by atoms with Gasteiger partial charge >= 0.3 is 0 Å². The highest BCUT2D eigenvalue weighted by Crippen LogP contribution is 2.36. The second kappa shape index (κ2) is 6.79. The highest BCUT2D eigenvalue weighted by atomic mass is 32.2. The summed E-state index contributed by atoms with van der Waals surface area (Å²) in [5.74, 6) is 1.42. The van der Waals surface area contributed by atoms with Crippen LogP contribution >= 0.6 is 0 Å². The van der Waals surface area contributed by atoms with Crippen molar-refractivity contribution >= 4 is 10.2 Å². The minimum Gasteiger partial charge on any atom is -0.497 e. The Balaban J connectivity index is 1.79. The molecule has 6 heteroatoms. The normalized spacial score (nSPS) is 24.9. The fourth-order valence-electron chi connectivity index (χ4n) is 3.54. The van der Waals surface area contributed by atoms with Crippen molar-refractivity contribution in [2.45, 2.75) is 38.6 Å². The molecular weight excluding hydrogens is 312 g/mol. The maximum absolute atomic E-state index is 13.0. The summed E-state index contributed by atoms with van der Waals surface area (Å²) in [6, 6.07) is 7.72. The predicted molar refractivity (Wildman–Crippen MR) is 90.6 cm³/mol. The van der Waals surface area contributed by atoms with Crippen LogP contribution in [0.4, 0.5) is 0 Å². The molecule has 1 unspecified atom stereocenters. The fraction of sp³-hybridized carbons (Fsp3) is 0.647. The van der Waals surface area contributed by atoms with Gasteiger partial charge in [-0.2, -0.15) is 17.0 Å². The number of hydrogen-bond acceptors (Lipinski definition) is 3. The van der Waals surface area contributed by atoms with Crippen LogP contribution in [0, 0.1) is 5.92 Å². The Morgan fingerprint density at radius 2 is 1.70 bits per heavy atom. The molecule has 5 nitrogen and oxygen atoms in total. The van der Waals surface area contributed by atoms with E-state index < -0.39 is 10.2 Å². The molecule has 1 atom stereocenters. The van der Waals surface area contributed by atoms with Gasteiger partial charge in [0, 0.05) is 19.6 Å². The first-order valence-corrected chi connectivity index (χ1v) is 9.83. The number of methoxy groups -OCH3 is 1. The average Bonchev–Trinajstić information content (AvgIpc) is 3.06. The summed E-state index contributed by atoms with van der Waals surface area (Å²) in [6.45, 7) is 4.11. The van der Waals surface area contributed by atoms with Crippen molar-refractivity contribution in [1.82, 2.24) is 8.61 Å². The topological polar surface area (TPSA) is 49.9 Å². The van der Waals surface area contributed by atoms with E-state index in [0.29, 0.717) is 25.6 Å². The molecule has 0 aliphatic carbocycles. The number of nitrogens with zero attached hydrogens (tertiary/aromatic N) is 2. The van der Waals surface area contributed by atoms with E-state index in [2.05, 4.69) is 6.92 Å². The van der Waals surface area contributed by atoms with E-state index in [4.69, 9.17) is 4.74 Å². The Labute approximate surface area is 139 Å². The van der Waals surface area contributed by atoms with Crippen molar-refractivity contribution in [3.05, 3.63) is 29.8 Å². The van der Waals surface area contributed by atoms with Crippen LogP contribution in [0.1, 0.15) is 44.2 Å². The zero-order valence-electron chi connectivity index (χ0n) is 13.9. The monoisotopic (exact) mass is 338 g/mol. The first-order valence-electron chi connectivity index (χ1n) is 8.43. The largest absolute Gasteiger partial charge is 0.497 e. The molecule has 1 aromatic carbocycles. The van der Waals surface area contributed by atoms with Crippen LogP contribution < -0.4 is 4.74 Å². The van der Waals surface area contributed by atoms with Gasteiger partial charge in [-0.25, -0.2) is 0 Å². The van der Waals surface area contributed by atoms with Crippen LogP contribution in [0.5, 0.6) is 5.75 Å². The molecular formula is C17H26N2O3S. The van der Waals surface area contributed by atoms with Crippen molar-refractivity contribution in [2.24, 2.45) is 5.92 Å². The van der Waals surface area contributed by atoms with E-state index in [1.165, 1.54) is 0 Å². The van der Waals surface area contributed by atoms with Gasteiger partial charge in [0.15, 0.2) is 0 Å². The summed E-state index contributed by atoms with van der Waals surface area (Å²) in [5.41, 5.74) is 1.05. The Hall–Kier alpha value is -1.11. The van der Waals surface area contributed by atoms with Crippen molar-refractivity contribution in [2.75, 3.05) is 26.7 Å². The summed E-state index contributed by atoms with van der Waals surface area (Å²) < 4.78 is 34.6. The predicted octanol–water partition coefficient (Wildman–Crippen LogP) is 2.81. The average molecular weight is 338 g/mol. The Kier molecular flexibility index (Phi) is 4.94. The number of hydrogen-bond donors (Lipinski definition) is 0. The van der Waals surface area contributed by atoms with E-state index in [-0.39, 0.29) is 6.04 Å². The second-order valence-electron chi connectivity index (χ2n) is 6.63. The summed E-state index contributed by atoms with van der Waals surface area (Å²) in [5, 5.41) is 0. The Morgan fingerprint density at radius 1 is 1.04 bits per heavy atom. The smallest absolute Gasteiger partial charge is 0.282 e. The van der Waals surface area contributed by atoms with E-state index in [9.17, 15) is 8.42 Å². The lowest BCUT2D eigenvalue weighted by Crippen LogP contribution is -2.46. The van der Waals surface area contributed by atoms with Crippen LogP contribution in [0.2, 0.25) is 0 Å². The van der Waals surface area contributed by atoms with Gasteiger partial charge in [-0.1, -0.05) is 19.1 Å². The van der Waals surface area contributed by atoms with Crippen LogP contribution in [-0.2, 0) is 10.2 Å². The molecule has 2 aliphatic heterocycles. The van der Waals surface area contributed by atoms with Gasteiger partial charge in [-0.3, -0.25) is 0 Å². The minimum absolute atomic E-state index is 0.0507. The molecule has 128 valence electrons. The summed E-state index contributed by atoms with van der Waals surface area (Å²) >= 11 is 0. The third-order valence-electron chi connectivity index (χ3n) is 5.07. The molecule has 0 amide bonds. The second-order valence-corrected chi connectivity index (χ2v) is 8.51. The maximum atomic E-state index is 13.0. The zero-order valence-corrected chi connectivity index (χ0v) is 14.8. The highest BCUT2D eigenvalue weighted by Gasteiger charge is 2.39. The van der Waals surface area contributed by atoms with Gasteiger partial charge in [0.25, 0.3) is 10.2 Å². The van der Waals surface area contributed by atoms with Crippen molar-refractivity contribution in [3.8, 4) is 5.75 Å². The molecule has 0 spiro atoms. The van der Waals surface area contributed by atoms with E-state index in [1.807, 2.05) is 24.3 Å². The standard InChI is InChI=1S/C17H26N2O3S/c1-14-9-12-18(13-10-14)23(20,21)19-11-3-4-17(19)15-5-7-16(22-2)8-6-15/h5-8,14,17H,3-4,9-13H2,1-2H3. The van der Waals surface area contributed by atoms with E-state index in [0.717, 1.165) is 37.0 Å². The molecule has 0 bridgehead atoms. The van der Waals surface area contributed by atoms with Crippen molar-refractivity contribution < 1.29 is 13.2 Å². The number of ether oxygens (including phenoxy) is 1. The minimum atomic E-state index is -3.36. The molecule has 3 rings (SSSR count). The lowest BCUT2D eigenvalue weighted by atomic mass is 10.0. The summed E-state index contributed by atoms with van der Waals surface area (Å²) in [6.07, 6.45) is 3.72. The zero-order chi connectivity index (χ0) is 16.4. The van der Waals surface area contributed by atoms with Crippen LogP contribution in [-0.4, -0.2) is 43.8 Å². The van der Waals surface area contributed by atoms with Crippen LogP contribution in [0.25, 0.3) is 0 Å². The molecule has 2 fully saturated rings. The SMILES string of the molecule is COc1ccc(C2CCCN2S(=O)(=O)N2CCC(C)CC2)cc1. The first-order chi connectivity index (χ1) is 11.0. The van der Waals surface area contributed by atoms with E-state index >= 15 is 0 Å². The van der Waals surface area contributed by atoms with Gasteiger partial charge < -0.3 is 4.74 Å². The van der Waals surface area contributed by atoms with Crippen molar-refractivity contribution in [1.29, 1.82) is 0 Å². The quantitative estimate of drug-likeness (QED) is 0.848. The molecule has 23 heavy (non-hydrogen) atoms. The molecule has 0 radical (unpaired) electrons. The molecule has 2 heterocycles. The molecule has 0 aromatic heterocycles. The fourth-order valence-corrected chi connectivity index (χ4v) is 5.42. The Bertz CT molecular complexity index is 622. The summed E-state index contributed by atoms with van der Waals surface area (Å²) in [4.78, 5) is 0. The van der Waals surface area contributed by atoms with Gasteiger partial charge in [-0.15, -0.1) is 0 Å².